The number of β-amino-alcohol motifs (C(OH)–C–C–N with tert-alkyl or cyclic N) is 2. The van der Waals surface area contributed by atoms with E-state index in [1.165, 1.54) is 0 Å². The number of alkyl halides is 3. The zero-order valence-electron chi connectivity index (χ0n) is 10.4. The molecule has 1 amide bonds. The molecule has 2 fully saturated rings. The second-order valence-electron chi connectivity index (χ2n) is 5.42. The Kier molecular flexibility index (Phi) is 4.06. The van der Waals surface area contributed by atoms with Crippen molar-refractivity contribution in [3.05, 3.63) is 0 Å². The molecule has 2 N–H and O–H groups in total. The minimum absolute atomic E-state index is 0.0150. The van der Waals surface area contributed by atoms with Crippen molar-refractivity contribution < 1.29 is 28.2 Å². The minimum Gasteiger partial charge on any atom is -0.388 e. The zero-order chi connectivity index (χ0) is 14.2. The molecule has 110 valence electrons. The van der Waals surface area contributed by atoms with Crippen molar-refractivity contribution in [2.24, 2.45) is 11.8 Å². The van der Waals surface area contributed by atoms with E-state index in [9.17, 15) is 28.2 Å². The molecule has 4 atom stereocenters. The fraction of sp³-hybridized carbons (Fsp3) is 0.917. The Balaban J connectivity index is 2.08. The monoisotopic (exact) mass is 281 g/mol. The number of carbonyl (C=O) groups excluding carboxylic acids is 1. The van der Waals surface area contributed by atoms with Crippen molar-refractivity contribution in [2.75, 3.05) is 13.1 Å². The maximum Gasteiger partial charge on any atom is 0.392 e. The van der Waals surface area contributed by atoms with Crippen molar-refractivity contribution in [1.82, 2.24) is 4.90 Å². The van der Waals surface area contributed by atoms with E-state index in [0.717, 1.165) is 4.90 Å². The highest BCUT2D eigenvalue weighted by Crippen LogP contribution is 2.42. The highest BCUT2D eigenvalue weighted by Gasteiger charge is 2.49. The summed E-state index contributed by atoms with van der Waals surface area (Å²) in [6.45, 7) is -0.165. The Labute approximate surface area is 109 Å². The molecular formula is C12H18F3NO3. The molecule has 0 aromatic heterocycles. The number of hydrogen-bond acceptors (Lipinski definition) is 3. The maximum absolute atomic E-state index is 12.9. The number of carbonyl (C=O) groups is 1. The van der Waals surface area contributed by atoms with Crippen molar-refractivity contribution in [3.63, 3.8) is 0 Å². The molecule has 0 aromatic carbocycles. The van der Waals surface area contributed by atoms with E-state index in [1.807, 2.05) is 0 Å². The molecule has 1 saturated heterocycles. The summed E-state index contributed by atoms with van der Waals surface area (Å²) in [5.41, 5.74) is 0. The lowest BCUT2D eigenvalue weighted by atomic mass is 9.78. The normalized spacial score (nSPS) is 36.6. The summed E-state index contributed by atoms with van der Waals surface area (Å²) in [6, 6.07) is 0. The number of rotatable bonds is 1. The smallest absolute Gasteiger partial charge is 0.388 e. The first-order valence-electron chi connectivity index (χ1n) is 6.52. The second kappa shape index (κ2) is 5.28. The SMILES string of the molecule is O=C(C1CCCCC1C(F)(F)F)N1C[C@@H](O)[C@@H](O)C1. The summed E-state index contributed by atoms with van der Waals surface area (Å²) >= 11 is 0. The quantitative estimate of drug-likeness (QED) is 0.751. The number of hydrogen-bond donors (Lipinski definition) is 2. The number of aliphatic hydroxyl groups excluding tert-OH is 2. The number of likely N-dealkylation sites (tertiary alicyclic amines) is 1. The van der Waals surface area contributed by atoms with Gasteiger partial charge in [0.2, 0.25) is 5.91 Å². The van der Waals surface area contributed by atoms with E-state index in [-0.39, 0.29) is 25.9 Å². The van der Waals surface area contributed by atoms with Gasteiger partial charge in [-0.25, -0.2) is 0 Å². The molecule has 0 aromatic rings. The van der Waals surface area contributed by atoms with Crippen LogP contribution in [0.4, 0.5) is 13.2 Å². The van der Waals surface area contributed by atoms with Crippen molar-refractivity contribution in [1.29, 1.82) is 0 Å². The number of nitrogens with zero attached hydrogens (tertiary/aromatic N) is 1. The van der Waals surface area contributed by atoms with Gasteiger partial charge in [-0.15, -0.1) is 0 Å². The Morgan fingerprint density at radius 1 is 1.05 bits per heavy atom. The lowest BCUT2D eigenvalue weighted by Crippen LogP contribution is -2.44. The Hall–Kier alpha value is -0.820. The molecule has 2 rings (SSSR count). The molecule has 19 heavy (non-hydrogen) atoms. The Bertz CT molecular complexity index is 338. The van der Waals surface area contributed by atoms with Crippen LogP contribution >= 0.6 is 0 Å². The van der Waals surface area contributed by atoms with E-state index in [1.54, 1.807) is 0 Å². The van der Waals surface area contributed by atoms with Crippen LogP contribution < -0.4 is 0 Å². The number of halogens is 3. The first-order chi connectivity index (χ1) is 8.80. The van der Waals surface area contributed by atoms with Crippen LogP contribution in [0.2, 0.25) is 0 Å². The van der Waals surface area contributed by atoms with Gasteiger partial charge in [0, 0.05) is 19.0 Å². The first kappa shape index (κ1) is 14.6. The summed E-state index contributed by atoms with van der Waals surface area (Å²) in [5.74, 6) is -3.24. The zero-order valence-corrected chi connectivity index (χ0v) is 10.4. The van der Waals surface area contributed by atoms with Crippen LogP contribution in [-0.4, -0.2) is 52.5 Å². The molecular weight excluding hydrogens is 263 g/mol. The molecule has 0 radical (unpaired) electrons. The molecule has 4 nitrogen and oxygen atoms in total. The molecule has 1 aliphatic carbocycles. The summed E-state index contributed by atoms with van der Waals surface area (Å²) < 4.78 is 38.8. The second-order valence-corrected chi connectivity index (χ2v) is 5.42. The van der Waals surface area contributed by atoms with Crippen LogP contribution in [0.15, 0.2) is 0 Å². The molecule has 2 unspecified atom stereocenters. The lowest BCUT2D eigenvalue weighted by Gasteiger charge is -2.34. The predicted molar refractivity (Wildman–Crippen MR) is 60.1 cm³/mol. The van der Waals surface area contributed by atoms with Crippen molar-refractivity contribution in [3.8, 4) is 0 Å². The molecule has 0 bridgehead atoms. The number of amides is 1. The molecule has 1 heterocycles. The van der Waals surface area contributed by atoms with Crippen LogP contribution in [0.5, 0.6) is 0 Å². The fourth-order valence-corrected chi connectivity index (χ4v) is 3.00. The Morgan fingerprint density at radius 2 is 1.58 bits per heavy atom. The van der Waals surface area contributed by atoms with E-state index < -0.39 is 36.1 Å². The van der Waals surface area contributed by atoms with Gasteiger partial charge in [0.05, 0.1) is 18.1 Å². The third-order valence-electron chi connectivity index (χ3n) is 4.07. The van der Waals surface area contributed by atoms with E-state index in [0.29, 0.717) is 12.8 Å². The van der Waals surface area contributed by atoms with Crippen molar-refractivity contribution in [2.45, 2.75) is 44.1 Å². The van der Waals surface area contributed by atoms with Crippen LogP contribution in [0.25, 0.3) is 0 Å². The Morgan fingerprint density at radius 3 is 2.11 bits per heavy atom. The summed E-state index contributed by atoms with van der Waals surface area (Å²) in [7, 11) is 0. The van der Waals surface area contributed by atoms with E-state index in [2.05, 4.69) is 0 Å². The third-order valence-corrected chi connectivity index (χ3v) is 4.07. The summed E-state index contributed by atoms with van der Waals surface area (Å²) in [6.07, 6.45) is -5.17. The van der Waals surface area contributed by atoms with Gasteiger partial charge in [-0.3, -0.25) is 4.79 Å². The van der Waals surface area contributed by atoms with Gasteiger partial charge >= 0.3 is 6.18 Å². The van der Waals surface area contributed by atoms with Gasteiger partial charge in [-0.1, -0.05) is 12.8 Å². The molecule has 0 spiro atoms. The maximum atomic E-state index is 12.9. The number of aliphatic hydroxyl groups is 2. The van der Waals surface area contributed by atoms with Crippen LogP contribution in [0, 0.1) is 11.8 Å². The van der Waals surface area contributed by atoms with Gasteiger partial charge in [0.15, 0.2) is 0 Å². The predicted octanol–water partition coefficient (Wildman–Crippen LogP) is 0.919. The van der Waals surface area contributed by atoms with Gasteiger partial charge in [-0.05, 0) is 12.8 Å². The highest BCUT2D eigenvalue weighted by atomic mass is 19.4. The third kappa shape index (κ3) is 3.02. The van der Waals surface area contributed by atoms with Gasteiger partial charge < -0.3 is 15.1 Å². The highest BCUT2D eigenvalue weighted by molar-refractivity contribution is 5.79. The van der Waals surface area contributed by atoms with Gasteiger partial charge in [0.25, 0.3) is 0 Å². The summed E-state index contributed by atoms with van der Waals surface area (Å²) in [4.78, 5) is 13.3. The van der Waals surface area contributed by atoms with Crippen LogP contribution in [-0.2, 0) is 4.79 Å². The average Bonchev–Trinajstić information content (AvgIpc) is 2.68. The molecule has 1 saturated carbocycles. The molecule has 7 heteroatoms. The van der Waals surface area contributed by atoms with Crippen LogP contribution in [0.1, 0.15) is 25.7 Å². The first-order valence-corrected chi connectivity index (χ1v) is 6.52. The topological polar surface area (TPSA) is 60.8 Å². The van der Waals surface area contributed by atoms with Crippen molar-refractivity contribution >= 4 is 5.91 Å². The van der Waals surface area contributed by atoms with Gasteiger partial charge in [0.1, 0.15) is 0 Å². The molecule has 2 aliphatic rings. The summed E-state index contributed by atoms with van der Waals surface area (Å²) in [5, 5.41) is 18.8. The lowest BCUT2D eigenvalue weighted by molar-refractivity contribution is -0.200. The standard InChI is InChI=1S/C12H18F3NO3/c13-12(14,15)8-4-2-1-3-7(8)11(19)16-5-9(17)10(18)6-16/h7-10,17-18H,1-6H2/t7?,8?,9-,10+. The van der Waals surface area contributed by atoms with Gasteiger partial charge in [-0.2, -0.15) is 13.2 Å². The molecule has 1 aliphatic heterocycles. The van der Waals surface area contributed by atoms with E-state index >= 15 is 0 Å². The van der Waals surface area contributed by atoms with Crippen LogP contribution in [0.3, 0.4) is 0 Å². The minimum atomic E-state index is -4.36. The average molecular weight is 281 g/mol. The largest absolute Gasteiger partial charge is 0.392 e. The fourth-order valence-electron chi connectivity index (χ4n) is 3.00. The van der Waals surface area contributed by atoms with E-state index in [4.69, 9.17) is 0 Å².